The summed E-state index contributed by atoms with van der Waals surface area (Å²) in [5.74, 6) is 2.82. The highest BCUT2D eigenvalue weighted by Crippen LogP contribution is 2.35. The second-order valence-corrected chi connectivity index (χ2v) is 8.87. The van der Waals surface area contributed by atoms with Gasteiger partial charge < -0.3 is 30.1 Å². The lowest BCUT2D eigenvalue weighted by Crippen LogP contribution is -2.44. The van der Waals surface area contributed by atoms with Gasteiger partial charge in [0.05, 0.1) is 18.5 Å². The van der Waals surface area contributed by atoms with Gasteiger partial charge >= 0.3 is 0 Å². The highest BCUT2D eigenvalue weighted by atomic mass is 16.5. The topological polar surface area (TPSA) is 81.7 Å². The van der Waals surface area contributed by atoms with E-state index in [0.29, 0.717) is 5.95 Å². The number of rotatable bonds is 7. The van der Waals surface area contributed by atoms with E-state index in [1.165, 1.54) is 11.3 Å². The van der Waals surface area contributed by atoms with E-state index in [9.17, 15) is 0 Å². The zero-order valence-corrected chi connectivity index (χ0v) is 20.9. The first-order valence-corrected chi connectivity index (χ1v) is 11.5. The fraction of sp³-hybridized carbons (Fsp3) is 0.400. The van der Waals surface area contributed by atoms with Crippen LogP contribution in [0.5, 0.6) is 5.75 Å². The van der Waals surface area contributed by atoms with Crippen molar-refractivity contribution < 1.29 is 4.74 Å². The van der Waals surface area contributed by atoms with Crippen molar-refractivity contribution in [3.8, 4) is 5.75 Å². The molecule has 4 rings (SSSR count). The van der Waals surface area contributed by atoms with Gasteiger partial charge in [0.1, 0.15) is 11.6 Å². The number of ether oxygens (including phenoxy) is 1. The average molecular weight is 463 g/mol. The smallest absolute Gasteiger partial charge is 0.229 e. The molecule has 1 fully saturated rings. The number of hydrogen-bond donors (Lipinski definition) is 2. The summed E-state index contributed by atoms with van der Waals surface area (Å²) in [4.78, 5) is 20.4. The van der Waals surface area contributed by atoms with Gasteiger partial charge in [0.15, 0.2) is 5.82 Å². The van der Waals surface area contributed by atoms with Gasteiger partial charge in [-0.1, -0.05) is 0 Å². The molecule has 0 unspecified atom stereocenters. The minimum atomic E-state index is 0.494. The van der Waals surface area contributed by atoms with Gasteiger partial charge in [0.25, 0.3) is 0 Å². The Labute approximate surface area is 201 Å². The Bertz CT molecular complexity index is 1140. The van der Waals surface area contributed by atoms with Gasteiger partial charge in [-0.05, 0) is 44.7 Å². The summed E-state index contributed by atoms with van der Waals surface area (Å²) in [7, 11) is 7.79. The van der Waals surface area contributed by atoms with Crippen molar-refractivity contribution in [1.82, 2.24) is 19.9 Å². The molecule has 0 aliphatic carbocycles. The maximum atomic E-state index is 5.73. The first-order valence-electron chi connectivity index (χ1n) is 11.5. The minimum absolute atomic E-state index is 0.494. The summed E-state index contributed by atoms with van der Waals surface area (Å²) in [6.45, 7) is 8.24. The maximum absolute atomic E-state index is 5.73. The SMILES string of the molecule is COc1cc(N2CCN(C)CC2)c(C)cc1Nc1ncc(C)c(Nc2cccnc2N(C)C)n1. The average Bonchev–Trinajstić information content (AvgIpc) is 2.82. The first-order chi connectivity index (χ1) is 16.4. The lowest BCUT2D eigenvalue weighted by atomic mass is 10.1. The Morgan fingerprint density at radius 2 is 1.74 bits per heavy atom. The van der Waals surface area contributed by atoms with Crippen molar-refractivity contribution in [3.63, 3.8) is 0 Å². The van der Waals surface area contributed by atoms with Gasteiger partial charge in [-0.2, -0.15) is 4.98 Å². The van der Waals surface area contributed by atoms with Crippen molar-refractivity contribution in [1.29, 1.82) is 0 Å². The highest BCUT2D eigenvalue weighted by molar-refractivity contribution is 5.74. The standard InChI is InChI=1S/C25H34N8O/c1-17-14-20(22(34-6)15-21(17)33-12-10-32(5)11-13-33)29-25-27-16-18(2)23(30-25)28-19-8-7-9-26-24(19)31(3)4/h7-9,14-16H,10-13H2,1-6H3,(H2,27,28,29,30). The normalized spacial score (nSPS) is 14.1. The van der Waals surface area contributed by atoms with Crippen LogP contribution in [0.1, 0.15) is 11.1 Å². The van der Waals surface area contributed by atoms with Crippen LogP contribution < -0.4 is 25.2 Å². The molecular formula is C25H34N8O. The third-order valence-electron chi connectivity index (χ3n) is 6.04. The predicted octanol–water partition coefficient (Wildman–Crippen LogP) is 3.80. The molecule has 2 N–H and O–H groups in total. The number of aryl methyl sites for hydroxylation is 2. The van der Waals surface area contributed by atoms with Crippen LogP contribution in [0.2, 0.25) is 0 Å². The number of aromatic nitrogens is 3. The molecule has 1 saturated heterocycles. The van der Waals surface area contributed by atoms with Crippen molar-refractivity contribution in [3.05, 3.63) is 47.8 Å². The molecule has 34 heavy (non-hydrogen) atoms. The van der Waals surface area contributed by atoms with Crippen molar-refractivity contribution in [2.75, 3.05) is 74.9 Å². The number of piperazine rings is 1. The molecule has 0 spiro atoms. The Hall–Kier alpha value is -3.59. The van der Waals surface area contributed by atoms with Crippen LogP contribution >= 0.6 is 0 Å². The van der Waals surface area contributed by atoms with Crippen LogP contribution in [0.25, 0.3) is 0 Å². The number of anilines is 6. The number of nitrogens with zero attached hydrogens (tertiary/aromatic N) is 6. The zero-order valence-electron chi connectivity index (χ0n) is 20.9. The van der Waals surface area contributed by atoms with Crippen LogP contribution in [-0.2, 0) is 0 Å². The molecule has 180 valence electrons. The summed E-state index contributed by atoms with van der Waals surface area (Å²) in [6, 6.07) is 8.10. The van der Waals surface area contributed by atoms with Gasteiger partial charge in [0, 0.05) is 70.0 Å². The molecule has 0 bridgehead atoms. The molecule has 0 atom stereocenters. The first kappa shape index (κ1) is 23.6. The van der Waals surface area contributed by atoms with E-state index in [1.807, 2.05) is 38.1 Å². The second-order valence-electron chi connectivity index (χ2n) is 8.87. The molecule has 3 heterocycles. The molecule has 9 heteroatoms. The van der Waals surface area contributed by atoms with Crippen LogP contribution in [-0.4, -0.2) is 74.3 Å². The fourth-order valence-corrected chi connectivity index (χ4v) is 4.06. The van der Waals surface area contributed by atoms with E-state index in [2.05, 4.69) is 56.5 Å². The summed E-state index contributed by atoms with van der Waals surface area (Å²) in [6.07, 6.45) is 3.59. The summed E-state index contributed by atoms with van der Waals surface area (Å²) >= 11 is 0. The zero-order chi connectivity index (χ0) is 24.2. The molecule has 1 aliphatic rings. The van der Waals surface area contributed by atoms with Crippen LogP contribution in [0, 0.1) is 13.8 Å². The van der Waals surface area contributed by atoms with Gasteiger partial charge in [-0.3, -0.25) is 0 Å². The van der Waals surface area contributed by atoms with Crippen molar-refractivity contribution in [2.24, 2.45) is 0 Å². The van der Waals surface area contributed by atoms with E-state index in [4.69, 9.17) is 9.72 Å². The number of hydrogen-bond acceptors (Lipinski definition) is 9. The lowest BCUT2D eigenvalue weighted by Gasteiger charge is -2.35. The third-order valence-corrected chi connectivity index (χ3v) is 6.04. The van der Waals surface area contributed by atoms with E-state index in [-0.39, 0.29) is 0 Å². The van der Waals surface area contributed by atoms with Crippen LogP contribution in [0.15, 0.2) is 36.7 Å². The Balaban J connectivity index is 1.59. The van der Waals surface area contributed by atoms with Crippen LogP contribution in [0.4, 0.5) is 34.6 Å². The minimum Gasteiger partial charge on any atom is -0.494 e. The molecule has 9 nitrogen and oxygen atoms in total. The summed E-state index contributed by atoms with van der Waals surface area (Å²) in [5.41, 5.74) is 5.04. The predicted molar refractivity (Wildman–Crippen MR) is 139 cm³/mol. The fourth-order valence-electron chi connectivity index (χ4n) is 4.06. The lowest BCUT2D eigenvalue weighted by molar-refractivity contribution is 0.312. The maximum Gasteiger partial charge on any atom is 0.229 e. The largest absolute Gasteiger partial charge is 0.494 e. The Kier molecular flexibility index (Phi) is 7.02. The molecule has 3 aromatic rings. The second kappa shape index (κ2) is 10.1. The van der Waals surface area contributed by atoms with Gasteiger partial charge in [-0.15, -0.1) is 0 Å². The van der Waals surface area contributed by atoms with Gasteiger partial charge in [0.2, 0.25) is 5.95 Å². The molecule has 0 amide bonds. The molecule has 0 saturated carbocycles. The third kappa shape index (κ3) is 5.14. The van der Waals surface area contributed by atoms with Crippen LogP contribution in [0.3, 0.4) is 0 Å². The molecule has 1 aliphatic heterocycles. The van der Waals surface area contributed by atoms with E-state index >= 15 is 0 Å². The number of pyridine rings is 1. The van der Waals surface area contributed by atoms with Crippen molar-refractivity contribution in [2.45, 2.75) is 13.8 Å². The number of nitrogens with one attached hydrogen (secondary N) is 2. The summed E-state index contributed by atoms with van der Waals surface area (Å²) in [5, 5.41) is 6.76. The van der Waals surface area contributed by atoms with E-state index in [0.717, 1.165) is 60.5 Å². The Morgan fingerprint density at radius 3 is 2.44 bits per heavy atom. The Morgan fingerprint density at radius 1 is 0.971 bits per heavy atom. The number of benzene rings is 1. The highest BCUT2D eigenvalue weighted by Gasteiger charge is 2.19. The molecule has 1 aromatic carbocycles. The van der Waals surface area contributed by atoms with E-state index in [1.54, 1.807) is 19.5 Å². The molecular weight excluding hydrogens is 428 g/mol. The molecule has 2 aromatic heterocycles. The monoisotopic (exact) mass is 462 g/mol. The quantitative estimate of drug-likeness (QED) is 0.545. The number of methoxy groups -OCH3 is 1. The van der Waals surface area contributed by atoms with Gasteiger partial charge in [-0.25, -0.2) is 9.97 Å². The summed E-state index contributed by atoms with van der Waals surface area (Å²) < 4.78 is 5.73. The van der Waals surface area contributed by atoms with E-state index < -0.39 is 0 Å². The van der Waals surface area contributed by atoms with Crippen molar-refractivity contribution >= 4 is 34.6 Å². The number of likely N-dealkylation sites (N-methyl/N-ethyl adjacent to an activating group) is 1. The molecule has 0 radical (unpaired) electrons.